The van der Waals surface area contributed by atoms with E-state index in [9.17, 15) is 14.4 Å². The van der Waals surface area contributed by atoms with Crippen molar-refractivity contribution in [3.05, 3.63) is 35.9 Å². The summed E-state index contributed by atoms with van der Waals surface area (Å²) >= 11 is 0. The van der Waals surface area contributed by atoms with Gasteiger partial charge in [0.25, 0.3) is 0 Å². The van der Waals surface area contributed by atoms with Gasteiger partial charge in [-0.2, -0.15) is 0 Å². The number of rotatable bonds is 9. The van der Waals surface area contributed by atoms with Gasteiger partial charge in [0.1, 0.15) is 25.2 Å². The first kappa shape index (κ1) is 20.5. The zero-order valence-corrected chi connectivity index (χ0v) is 14.8. The molecule has 0 bridgehead atoms. The van der Waals surface area contributed by atoms with Crippen molar-refractivity contribution in [2.24, 2.45) is 5.41 Å². The van der Waals surface area contributed by atoms with Gasteiger partial charge in [0.2, 0.25) is 0 Å². The average molecular weight is 352 g/mol. The van der Waals surface area contributed by atoms with Crippen LogP contribution >= 0.6 is 0 Å². The molecule has 0 N–H and O–H groups in total. The van der Waals surface area contributed by atoms with Gasteiger partial charge in [0.05, 0.1) is 6.61 Å². The minimum absolute atomic E-state index is 0.0659. The van der Waals surface area contributed by atoms with Crippen LogP contribution in [0.3, 0.4) is 0 Å². The van der Waals surface area contributed by atoms with Crippen molar-refractivity contribution in [3.63, 3.8) is 0 Å². The number of carbonyl (C=O) groups excluding carboxylic acids is 3. The lowest BCUT2D eigenvalue weighted by Crippen LogP contribution is -2.40. The molecule has 0 aliphatic carbocycles. The van der Waals surface area contributed by atoms with Gasteiger partial charge >= 0.3 is 18.1 Å². The van der Waals surface area contributed by atoms with Crippen molar-refractivity contribution in [3.8, 4) is 0 Å². The maximum atomic E-state index is 12.5. The lowest BCUT2D eigenvalue weighted by molar-refractivity contribution is -0.167. The fourth-order valence-electron chi connectivity index (χ4n) is 1.78. The fraction of sp³-hybridized carbons (Fsp3) is 0.500. The fourth-order valence-corrected chi connectivity index (χ4v) is 1.78. The minimum atomic E-state index is -1.33. The third-order valence-electron chi connectivity index (χ3n) is 3.32. The summed E-state index contributed by atoms with van der Waals surface area (Å²) in [6.07, 6.45) is -0.722. The van der Waals surface area contributed by atoms with Gasteiger partial charge in [0, 0.05) is 6.42 Å². The van der Waals surface area contributed by atoms with Gasteiger partial charge < -0.3 is 18.9 Å². The van der Waals surface area contributed by atoms with Crippen LogP contribution in [0.5, 0.6) is 0 Å². The van der Waals surface area contributed by atoms with E-state index >= 15 is 0 Å². The molecule has 1 rings (SSSR count). The van der Waals surface area contributed by atoms with Crippen LogP contribution in [-0.4, -0.2) is 37.9 Å². The van der Waals surface area contributed by atoms with E-state index < -0.39 is 23.5 Å². The number of carbonyl (C=O) groups is 3. The van der Waals surface area contributed by atoms with Crippen LogP contribution in [0.1, 0.15) is 32.8 Å². The normalized spacial score (nSPS) is 12.6. The van der Waals surface area contributed by atoms with Crippen LogP contribution in [0.15, 0.2) is 30.3 Å². The molecule has 25 heavy (non-hydrogen) atoms. The first-order valence-corrected chi connectivity index (χ1v) is 8.07. The molecule has 0 aliphatic heterocycles. The van der Waals surface area contributed by atoms with Gasteiger partial charge in [0.15, 0.2) is 0 Å². The predicted molar refractivity (Wildman–Crippen MR) is 88.6 cm³/mol. The molecule has 0 aliphatic rings. The third kappa shape index (κ3) is 7.24. The van der Waals surface area contributed by atoms with Crippen LogP contribution in [0.4, 0.5) is 4.79 Å². The Morgan fingerprint density at radius 3 is 2.16 bits per heavy atom. The Morgan fingerprint density at radius 2 is 1.56 bits per heavy atom. The van der Waals surface area contributed by atoms with Gasteiger partial charge in [-0.15, -0.1) is 0 Å². The van der Waals surface area contributed by atoms with Crippen molar-refractivity contribution in [2.75, 3.05) is 19.8 Å². The second kappa shape index (κ2) is 10.3. The third-order valence-corrected chi connectivity index (χ3v) is 3.32. The van der Waals surface area contributed by atoms with E-state index in [-0.39, 0.29) is 32.8 Å². The zero-order chi connectivity index (χ0) is 18.7. The molecule has 1 aromatic rings. The lowest BCUT2D eigenvalue weighted by atomic mass is 9.93. The SMILES string of the molecule is CCOC(=O)OCC(C)(COC(=O)CC)C(=O)OCc1ccccc1. The monoisotopic (exact) mass is 352 g/mol. The molecule has 1 unspecified atom stereocenters. The molecule has 138 valence electrons. The van der Waals surface area contributed by atoms with Gasteiger partial charge in [-0.1, -0.05) is 37.3 Å². The van der Waals surface area contributed by atoms with Crippen LogP contribution in [0.25, 0.3) is 0 Å². The number of esters is 2. The van der Waals surface area contributed by atoms with Crippen molar-refractivity contribution in [1.82, 2.24) is 0 Å². The largest absolute Gasteiger partial charge is 0.508 e. The van der Waals surface area contributed by atoms with Crippen molar-refractivity contribution >= 4 is 18.1 Å². The second-order valence-electron chi connectivity index (χ2n) is 5.61. The first-order chi connectivity index (χ1) is 11.9. The van der Waals surface area contributed by atoms with Gasteiger partial charge in [-0.3, -0.25) is 9.59 Å². The smallest absolute Gasteiger partial charge is 0.464 e. The molecule has 0 radical (unpaired) electrons. The quantitative estimate of drug-likeness (QED) is 0.499. The number of ether oxygens (including phenoxy) is 4. The molecule has 0 spiro atoms. The van der Waals surface area contributed by atoms with Crippen molar-refractivity contribution < 1.29 is 33.3 Å². The van der Waals surface area contributed by atoms with Gasteiger partial charge in [-0.05, 0) is 19.4 Å². The maximum absolute atomic E-state index is 12.5. The summed E-state index contributed by atoms with van der Waals surface area (Å²) in [4.78, 5) is 35.2. The molecular formula is C18H24O7. The van der Waals surface area contributed by atoms with E-state index in [4.69, 9.17) is 14.2 Å². The molecule has 1 atom stereocenters. The number of hydrogen-bond donors (Lipinski definition) is 0. The summed E-state index contributed by atoms with van der Waals surface area (Å²) in [5, 5.41) is 0. The van der Waals surface area contributed by atoms with Crippen LogP contribution in [0.2, 0.25) is 0 Å². The van der Waals surface area contributed by atoms with Crippen LogP contribution in [-0.2, 0) is 35.1 Å². The van der Waals surface area contributed by atoms with E-state index in [0.717, 1.165) is 5.56 Å². The lowest BCUT2D eigenvalue weighted by Gasteiger charge is -2.26. The predicted octanol–water partition coefficient (Wildman–Crippen LogP) is 2.86. The minimum Gasteiger partial charge on any atom is -0.464 e. The van der Waals surface area contributed by atoms with Crippen molar-refractivity contribution in [1.29, 1.82) is 0 Å². The summed E-state index contributed by atoms with van der Waals surface area (Å²) in [5.74, 6) is -1.09. The zero-order valence-electron chi connectivity index (χ0n) is 14.8. The highest BCUT2D eigenvalue weighted by atomic mass is 16.7. The molecule has 7 nitrogen and oxygen atoms in total. The Morgan fingerprint density at radius 1 is 0.920 bits per heavy atom. The number of benzene rings is 1. The molecule has 0 amide bonds. The van der Waals surface area contributed by atoms with E-state index in [2.05, 4.69) is 4.74 Å². The standard InChI is InChI=1S/C18H24O7/c1-4-15(19)24-12-18(3,13-25-17(21)22-5-2)16(20)23-11-14-9-7-6-8-10-14/h6-10H,4-5,11-13H2,1-3H3. The summed E-state index contributed by atoms with van der Waals surface area (Å²) in [6, 6.07) is 9.14. The Balaban J connectivity index is 2.71. The number of hydrogen-bond acceptors (Lipinski definition) is 7. The molecular weight excluding hydrogens is 328 g/mol. The molecule has 0 saturated heterocycles. The highest BCUT2D eigenvalue weighted by molar-refractivity contribution is 5.78. The van der Waals surface area contributed by atoms with Crippen LogP contribution in [0, 0.1) is 5.41 Å². The van der Waals surface area contributed by atoms with E-state index in [1.807, 2.05) is 30.3 Å². The summed E-state index contributed by atoms with van der Waals surface area (Å²) in [6.45, 7) is 4.42. The summed E-state index contributed by atoms with van der Waals surface area (Å²) < 4.78 is 19.9. The Kier molecular flexibility index (Phi) is 8.46. The first-order valence-electron chi connectivity index (χ1n) is 8.07. The second-order valence-corrected chi connectivity index (χ2v) is 5.61. The maximum Gasteiger partial charge on any atom is 0.508 e. The average Bonchev–Trinajstić information content (AvgIpc) is 2.63. The summed E-state index contributed by atoms with van der Waals surface area (Å²) in [5.41, 5.74) is -0.512. The van der Waals surface area contributed by atoms with Gasteiger partial charge in [-0.25, -0.2) is 4.79 Å². The van der Waals surface area contributed by atoms with E-state index in [1.165, 1.54) is 6.92 Å². The molecule has 7 heteroatoms. The van der Waals surface area contributed by atoms with Crippen molar-refractivity contribution in [2.45, 2.75) is 33.8 Å². The molecule has 0 aromatic heterocycles. The Hall–Kier alpha value is -2.57. The highest BCUT2D eigenvalue weighted by Crippen LogP contribution is 2.22. The van der Waals surface area contributed by atoms with E-state index in [0.29, 0.717) is 0 Å². The molecule has 0 heterocycles. The summed E-state index contributed by atoms with van der Waals surface area (Å²) in [7, 11) is 0. The molecule has 0 fully saturated rings. The van der Waals surface area contributed by atoms with Crippen LogP contribution < -0.4 is 0 Å². The Bertz CT molecular complexity index is 570. The highest BCUT2D eigenvalue weighted by Gasteiger charge is 2.38. The van der Waals surface area contributed by atoms with E-state index in [1.54, 1.807) is 13.8 Å². The Labute approximate surface area is 147 Å². The molecule has 0 saturated carbocycles. The topological polar surface area (TPSA) is 88.1 Å². The molecule has 1 aromatic carbocycles.